The van der Waals surface area contributed by atoms with Crippen LogP contribution < -0.4 is 0 Å². The summed E-state index contributed by atoms with van der Waals surface area (Å²) in [6.07, 6.45) is -0.806. The van der Waals surface area contributed by atoms with Gasteiger partial charge in [-0.25, -0.2) is 0 Å². The van der Waals surface area contributed by atoms with Gasteiger partial charge in [-0.15, -0.1) is 24.0 Å². The quantitative estimate of drug-likeness (QED) is 0.525. The Balaban J connectivity index is 0. The van der Waals surface area contributed by atoms with E-state index in [0.29, 0.717) is 0 Å². The van der Waals surface area contributed by atoms with Crippen LogP contribution in [0.15, 0.2) is 0 Å². The van der Waals surface area contributed by atoms with Gasteiger partial charge in [0.2, 0.25) is 0 Å². The zero-order chi connectivity index (χ0) is 5.86. The molecule has 0 rings (SSSR count). The van der Waals surface area contributed by atoms with Crippen molar-refractivity contribution in [3.05, 3.63) is 0 Å². The van der Waals surface area contributed by atoms with Crippen LogP contribution in [0.3, 0.4) is 0 Å². The van der Waals surface area contributed by atoms with Gasteiger partial charge in [-0.05, 0) is 0 Å². The molecule has 0 fully saturated rings. The largest absolute Gasteiger partial charge is 0.481 e. The van der Waals surface area contributed by atoms with E-state index >= 15 is 0 Å². The lowest BCUT2D eigenvalue weighted by Gasteiger charge is -1.80. The van der Waals surface area contributed by atoms with Gasteiger partial charge in [-0.2, -0.15) is 0 Å². The fraction of sp³-hybridized carbons (Fsp3) is 0.333. The summed E-state index contributed by atoms with van der Waals surface area (Å²) >= 11 is 0. The van der Waals surface area contributed by atoms with E-state index in [0.717, 1.165) is 0 Å². The van der Waals surface area contributed by atoms with E-state index in [1.54, 1.807) is 0 Å². The van der Waals surface area contributed by atoms with Crippen LogP contribution in [0.4, 0.5) is 0 Å². The minimum absolute atomic E-state index is 0. The van der Waals surface area contributed by atoms with Crippen LogP contribution in [0.25, 0.3) is 0 Å². The first kappa shape index (κ1) is 10.6. The van der Waals surface area contributed by atoms with Gasteiger partial charge in [0.25, 0.3) is 0 Å². The number of hydrogen-bond acceptors (Lipinski definition) is 2. The zero-order valence-electron chi connectivity index (χ0n) is 3.83. The first-order valence-electron chi connectivity index (χ1n) is 1.56. The van der Waals surface area contributed by atoms with Crippen molar-refractivity contribution in [3.8, 4) is 0 Å². The molecule has 0 amide bonds. The summed E-state index contributed by atoms with van der Waals surface area (Å²) in [6, 6.07) is 0. The van der Waals surface area contributed by atoms with Crippen LogP contribution >= 0.6 is 24.0 Å². The van der Waals surface area contributed by atoms with Crippen LogP contribution in [-0.4, -0.2) is 22.2 Å². The minimum atomic E-state index is -1.31. The Morgan fingerprint density at radius 1 is 1.12 bits per heavy atom. The summed E-state index contributed by atoms with van der Waals surface area (Å²) in [6.45, 7) is 0. The standard InChI is InChI=1S/C3H4O4.HI/c4-2(5)1-3(6)7;/h1H2,(H,4,5)(H,6,7);1H. The number of hydrogen-bond donors (Lipinski definition) is 2. The van der Waals surface area contributed by atoms with Gasteiger partial charge in [0.1, 0.15) is 6.42 Å². The number of carboxylic acid groups (broad SMARTS) is 2. The average Bonchev–Trinajstić information content (AvgIpc) is 1.27. The molecule has 2 N–H and O–H groups in total. The lowest BCUT2D eigenvalue weighted by Crippen LogP contribution is -2.03. The zero-order valence-corrected chi connectivity index (χ0v) is 6.16. The summed E-state index contributed by atoms with van der Waals surface area (Å²) in [5.41, 5.74) is 0. The third-order valence-electron chi connectivity index (χ3n) is 0.302. The first-order chi connectivity index (χ1) is 3.13. The normalized spacial score (nSPS) is 7.00. The molecule has 0 aliphatic carbocycles. The van der Waals surface area contributed by atoms with Crippen molar-refractivity contribution in [1.29, 1.82) is 0 Å². The van der Waals surface area contributed by atoms with Crippen molar-refractivity contribution in [2.75, 3.05) is 0 Å². The molecule has 0 saturated heterocycles. The Kier molecular flexibility index (Phi) is 6.39. The number of aliphatic carboxylic acids is 2. The third-order valence-corrected chi connectivity index (χ3v) is 0.302. The monoisotopic (exact) mass is 232 g/mol. The van der Waals surface area contributed by atoms with Crippen molar-refractivity contribution in [2.45, 2.75) is 6.42 Å². The molecule has 0 bridgehead atoms. The van der Waals surface area contributed by atoms with E-state index in [1.165, 1.54) is 0 Å². The molecule has 0 aromatic carbocycles. The molecule has 0 aromatic heterocycles. The molecule has 48 valence electrons. The van der Waals surface area contributed by atoms with Crippen LogP contribution in [-0.2, 0) is 9.59 Å². The molecular weight excluding hydrogens is 227 g/mol. The van der Waals surface area contributed by atoms with Crippen LogP contribution in [0.5, 0.6) is 0 Å². The second kappa shape index (κ2) is 4.82. The lowest BCUT2D eigenvalue weighted by molar-refractivity contribution is -0.147. The van der Waals surface area contributed by atoms with E-state index in [-0.39, 0.29) is 24.0 Å². The van der Waals surface area contributed by atoms with Crippen molar-refractivity contribution in [3.63, 3.8) is 0 Å². The summed E-state index contributed by atoms with van der Waals surface area (Å²) < 4.78 is 0. The topological polar surface area (TPSA) is 74.6 Å². The molecule has 0 radical (unpaired) electrons. The minimum Gasteiger partial charge on any atom is -0.481 e. The maximum Gasteiger partial charge on any atom is 0.314 e. The number of carbonyl (C=O) groups is 2. The summed E-state index contributed by atoms with van der Waals surface area (Å²) in [7, 11) is 0. The maximum absolute atomic E-state index is 9.43. The van der Waals surface area contributed by atoms with Gasteiger partial charge >= 0.3 is 11.9 Å². The fourth-order valence-corrected chi connectivity index (χ4v) is 0.129. The van der Waals surface area contributed by atoms with E-state index in [2.05, 4.69) is 0 Å². The molecule has 5 heteroatoms. The van der Waals surface area contributed by atoms with E-state index in [1.807, 2.05) is 0 Å². The van der Waals surface area contributed by atoms with Crippen molar-refractivity contribution in [1.82, 2.24) is 0 Å². The number of rotatable bonds is 2. The molecule has 0 saturated carbocycles. The average molecular weight is 232 g/mol. The molecule has 0 unspecified atom stereocenters. The highest BCUT2D eigenvalue weighted by molar-refractivity contribution is 14.0. The predicted octanol–water partition coefficient (Wildman–Crippen LogP) is 0.164. The molecular formula is C3H5IO4. The Hall–Kier alpha value is -0.330. The maximum atomic E-state index is 9.43. The Bertz CT molecular complexity index is 87.5. The van der Waals surface area contributed by atoms with Crippen LogP contribution in [0, 0.1) is 0 Å². The molecule has 0 spiro atoms. The van der Waals surface area contributed by atoms with Crippen LogP contribution in [0.2, 0.25) is 0 Å². The molecule has 0 aromatic rings. The van der Waals surface area contributed by atoms with Gasteiger partial charge < -0.3 is 10.2 Å². The molecule has 0 heterocycles. The number of carboxylic acids is 2. The highest BCUT2D eigenvalue weighted by Crippen LogP contribution is 1.74. The molecule has 0 aliphatic heterocycles. The first-order valence-corrected chi connectivity index (χ1v) is 1.56. The molecule has 0 aliphatic rings. The Morgan fingerprint density at radius 3 is 1.38 bits per heavy atom. The SMILES string of the molecule is I.O=C(O)CC(=O)O. The molecule has 4 nitrogen and oxygen atoms in total. The Labute approximate surface area is 62.5 Å². The fourth-order valence-electron chi connectivity index (χ4n) is 0.129. The van der Waals surface area contributed by atoms with Gasteiger partial charge in [-0.3, -0.25) is 9.59 Å². The van der Waals surface area contributed by atoms with Crippen molar-refractivity contribution in [2.24, 2.45) is 0 Å². The van der Waals surface area contributed by atoms with Crippen LogP contribution in [0.1, 0.15) is 6.42 Å². The summed E-state index contributed by atoms with van der Waals surface area (Å²) in [5, 5.41) is 15.4. The van der Waals surface area contributed by atoms with Gasteiger partial charge in [0.15, 0.2) is 0 Å². The lowest BCUT2D eigenvalue weighted by atomic mass is 10.5. The highest BCUT2D eigenvalue weighted by Gasteiger charge is 2.01. The van der Waals surface area contributed by atoms with Gasteiger partial charge in [0, 0.05) is 0 Å². The highest BCUT2D eigenvalue weighted by atomic mass is 127. The molecule has 8 heavy (non-hydrogen) atoms. The molecule has 0 atom stereocenters. The van der Waals surface area contributed by atoms with Crippen molar-refractivity contribution < 1.29 is 19.8 Å². The Morgan fingerprint density at radius 2 is 1.38 bits per heavy atom. The van der Waals surface area contributed by atoms with E-state index < -0.39 is 18.4 Å². The summed E-state index contributed by atoms with van der Waals surface area (Å²) in [4.78, 5) is 18.9. The number of halogens is 1. The van der Waals surface area contributed by atoms with E-state index in [4.69, 9.17) is 10.2 Å². The van der Waals surface area contributed by atoms with Crippen molar-refractivity contribution >= 4 is 35.9 Å². The van der Waals surface area contributed by atoms with Gasteiger partial charge in [0.05, 0.1) is 0 Å². The second-order valence-electron chi connectivity index (χ2n) is 0.964. The second-order valence-corrected chi connectivity index (χ2v) is 0.964. The smallest absolute Gasteiger partial charge is 0.314 e. The van der Waals surface area contributed by atoms with Gasteiger partial charge in [-0.1, -0.05) is 0 Å². The van der Waals surface area contributed by atoms with E-state index in [9.17, 15) is 9.59 Å². The summed E-state index contributed by atoms with van der Waals surface area (Å²) in [5.74, 6) is -2.62. The predicted molar refractivity (Wildman–Crippen MR) is 35.3 cm³/mol. The third kappa shape index (κ3) is 9.18.